The van der Waals surface area contributed by atoms with Crippen LogP contribution in [0.25, 0.3) is 0 Å². The Bertz CT molecular complexity index is 560. The zero-order valence-electron chi connectivity index (χ0n) is 10.8. The Morgan fingerprint density at radius 3 is 2.35 bits per heavy atom. The Morgan fingerprint density at radius 2 is 1.70 bits per heavy atom. The van der Waals surface area contributed by atoms with E-state index in [2.05, 4.69) is 15.9 Å². The summed E-state index contributed by atoms with van der Waals surface area (Å²) in [7, 11) is 0. The van der Waals surface area contributed by atoms with Crippen LogP contribution in [0.15, 0.2) is 46.9 Å². The minimum atomic E-state index is 0.428. The van der Waals surface area contributed by atoms with Crippen molar-refractivity contribution in [1.82, 2.24) is 0 Å². The third-order valence-electron chi connectivity index (χ3n) is 2.66. The van der Waals surface area contributed by atoms with Gasteiger partial charge < -0.3 is 15.2 Å². The first-order valence-corrected chi connectivity index (χ1v) is 7.36. The Morgan fingerprint density at radius 1 is 1.00 bits per heavy atom. The third-order valence-corrected chi connectivity index (χ3v) is 3.48. The smallest absolute Gasteiger partial charge is 0.138 e. The van der Waals surface area contributed by atoms with Crippen molar-refractivity contribution in [2.75, 3.05) is 13.2 Å². The van der Waals surface area contributed by atoms with Gasteiger partial charge in [0.1, 0.15) is 24.7 Å². The first kappa shape index (κ1) is 15.2. The molecular weight excluding hydrogens is 342 g/mol. The second-order valence-electron chi connectivity index (χ2n) is 4.12. The van der Waals surface area contributed by atoms with Gasteiger partial charge in [-0.1, -0.05) is 33.6 Å². The molecule has 0 saturated heterocycles. The zero-order valence-corrected chi connectivity index (χ0v) is 13.2. The average Bonchev–Trinajstić information content (AvgIpc) is 2.46. The van der Waals surface area contributed by atoms with Crippen LogP contribution in [0.3, 0.4) is 0 Å². The average molecular weight is 357 g/mol. The fourth-order valence-corrected chi connectivity index (χ4v) is 2.15. The molecule has 0 aliphatic rings. The molecule has 0 aromatic heterocycles. The van der Waals surface area contributed by atoms with E-state index in [1.165, 1.54) is 0 Å². The molecule has 3 nitrogen and oxygen atoms in total. The molecule has 0 aliphatic carbocycles. The maximum Gasteiger partial charge on any atom is 0.138 e. The maximum absolute atomic E-state index is 6.09. The van der Waals surface area contributed by atoms with Gasteiger partial charge in [-0.15, -0.1) is 0 Å². The van der Waals surface area contributed by atoms with Crippen molar-refractivity contribution >= 4 is 27.5 Å². The number of hydrogen-bond donors (Lipinski definition) is 1. The van der Waals surface area contributed by atoms with Gasteiger partial charge in [0.2, 0.25) is 0 Å². The molecule has 0 aliphatic heterocycles. The van der Waals surface area contributed by atoms with Gasteiger partial charge in [0.25, 0.3) is 0 Å². The van der Waals surface area contributed by atoms with Gasteiger partial charge >= 0.3 is 0 Å². The lowest BCUT2D eigenvalue weighted by Gasteiger charge is -2.10. The predicted molar refractivity (Wildman–Crippen MR) is 84.5 cm³/mol. The molecule has 0 amide bonds. The lowest BCUT2D eigenvalue weighted by molar-refractivity contribution is 0.217. The minimum absolute atomic E-state index is 0.428. The van der Waals surface area contributed by atoms with Crippen molar-refractivity contribution in [2.24, 2.45) is 5.73 Å². The molecule has 0 spiro atoms. The Kier molecular flexibility index (Phi) is 5.71. The van der Waals surface area contributed by atoms with Crippen LogP contribution in [0.2, 0.25) is 5.02 Å². The van der Waals surface area contributed by atoms with Crippen molar-refractivity contribution in [2.45, 2.75) is 6.54 Å². The molecule has 2 aromatic carbocycles. The van der Waals surface area contributed by atoms with Crippen LogP contribution < -0.4 is 15.2 Å². The lowest BCUT2D eigenvalue weighted by atomic mass is 10.2. The SMILES string of the molecule is NCc1ccc(OCCOc2ccc(Br)cc2)c(Cl)c1. The summed E-state index contributed by atoms with van der Waals surface area (Å²) in [6.45, 7) is 1.35. The molecule has 5 heteroatoms. The Labute approximate surface area is 131 Å². The zero-order chi connectivity index (χ0) is 14.4. The van der Waals surface area contributed by atoms with Gasteiger partial charge in [-0.05, 0) is 42.0 Å². The summed E-state index contributed by atoms with van der Waals surface area (Å²) in [6.07, 6.45) is 0. The maximum atomic E-state index is 6.09. The number of rotatable bonds is 6. The van der Waals surface area contributed by atoms with E-state index >= 15 is 0 Å². The summed E-state index contributed by atoms with van der Waals surface area (Å²) >= 11 is 9.47. The fraction of sp³-hybridized carbons (Fsp3) is 0.200. The second-order valence-corrected chi connectivity index (χ2v) is 5.44. The largest absolute Gasteiger partial charge is 0.490 e. The van der Waals surface area contributed by atoms with Crippen molar-refractivity contribution in [1.29, 1.82) is 0 Å². The molecule has 106 valence electrons. The summed E-state index contributed by atoms with van der Waals surface area (Å²) < 4.78 is 12.2. The van der Waals surface area contributed by atoms with Crippen LogP contribution in [-0.4, -0.2) is 13.2 Å². The normalized spacial score (nSPS) is 10.3. The van der Waals surface area contributed by atoms with E-state index in [9.17, 15) is 0 Å². The molecule has 0 fully saturated rings. The molecule has 0 radical (unpaired) electrons. The van der Waals surface area contributed by atoms with Crippen molar-refractivity contribution in [3.8, 4) is 11.5 Å². The number of hydrogen-bond acceptors (Lipinski definition) is 3. The molecule has 0 atom stereocenters. The van der Waals surface area contributed by atoms with Crippen LogP contribution in [0.4, 0.5) is 0 Å². The highest BCUT2D eigenvalue weighted by atomic mass is 79.9. The lowest BCUT2D eigenvalue weighted by Crippen LogP contribution is -2.09. The van der Waals surface area contributed by atoms with E-state index in [0.29, 0.717) is 30.5 Å². The number of nitrogens with two attached hydrogens (primary N) is 1. The van der Waals surface area contributed by atoms with E-state index < -0.39 is 0 Å². The number of halogens is 2. The van der Waals surface area contributed by atoms with Gasteiger partial charge in [0.15, 0.2) is 0 Å². The van der Waals surface area contributed by atoms with Crippen LogP contribution >= 0.6 is 27.5 Å². The summed E-state index contributed by atoms with van der Waals surface area (Å²) in [4.78, 5) is 0. The van der Waals surface area contributed by atoms with Crippen molar-refractivity contribution in [3.05, 3.63) is 57.5 Å². The van der Waals surface area contributed by atoms with Gasteiger partial charge in [-0.2, -0.15) is 0 Å². The molecule has 0 unspecified atom stereocenters. The Hall–Kier alpha value is -1.23. The minimum Gasteiger partial charge on any atom is -0.490 e. The summed E-state index contributed by atoms with van der Waals surface area (Å²) in [5.74, 6) is 1.45. The molecule has 0 bridgehead atoms. The van der Waals surface area contributed by atoms with Gasteiger partial charge in [0.05, 0.1) is 5.02 Å². The van der Waals surface area contributed by atoms with E-state index in [1.54, 1.807) is 0 Å². The predicted octanol–water partition coefficient (Wildman–Crippen LogP) is 4.02. The van der Waals surface area contributed by atoms with E-state index in [4.69, 9.17) is 26.8 Å². The highest BCUT2D eigenvalue weighted by molar-refractivity contribution is 9.10. The van der Waals surface area contributed by atoms with Crippen LogP contribution in [0.1, 0.15) is 5.56 Å². The fourth-order valence-electron chi connectivity index (χ4n) is 1.63. The molecule has 0 saturated carbocycles. The highest BCUT2D eigenvalue weighted by Crippen LogP contribution is 2.25. The van der Waals surface area contributed by atoms with Gasteiger partial charge in [-0.3, -0.25) is 0 Å². The van der Waals surface area contributed by atoms with E-state index in [-0.39, 0.29) is 0 Å². The van der Waals surface area contributed by atoms with Crippen molar-refractivity contribution in [3.63, 3.8) is 0 Å². The molecule has 2 N–H and O–H groups in total. The molecule has 2 rings (SSSR count). The highest BCUT2D eigenvalue weighted by Gasteiger charge is 2.02. The molecule has 2 aromatic rings. The monoisotopic (exact) mass is 355 g/mol. The van der Waals surface area contributed by atoms with Crippen LogP contribution in [0, 0.1) is 0 Å². The van der Waals surface area contributed by atoms with Crippen molar-refractivity contribution < 1.29 is 9.47 Å². The van der Waals surface area contributed by atoms with E-state index in [1.807, 2.05) is 42.5 Å². The first-order chi connectivity index (χ1) is 9.69. The topological polar surface area (TPSA) is 44.5 Å². The van der Waals surface area contributed by atoms with Gasteiger partial charge in [0, 0.05) is 11.0 Å². The molecular formula is C15H15BrClNO2. The summed E-state index contributed by atoms with van der Waals surface area (Å²) in [5.41, 5.74) is 6.52. The van der Waals surface area contributed by atoms with Crippen LogP contribution in [0.5, 0.6) is 11.5 Å². The first-order valence-electron chi connectivity index (χ1n) is 6.18. The second kappa shape index (κ2) is 7.53. The number of benzene rings is 2. The quantitative estimate of drug-likeness (QED) is 0.795. The number of ether oxygens (including phenoxy) is 2. The Balaban J connectivity index is 1.79. The van der Waals surface area contributed by atoms with Crippen LogP contribution in [-0.2, 0) is 6.54 Å². The molecule has 0 heterocycles. The molecule has 20 heavy (non-hydrogen) atoms. The summed E-state index contributed by atoms with van der Waals surface area (Å²) in [5, 5.41) is 0.566. The van der Waals surface area contributed by atoms with Gasteiger partial charge in [-0.25, -0.2) is 0 Å². The summed E-state index contributed by atoms with van der Waals surface area (Å²) in [6, 6.07) is 13.2. The van der Waals surface area contributed by atoms with E-state index in [0.717, 1.165) is 15.8 Å². The standard InChI is InChI=1S/C15H15BrClNO2/c16-12-2-4-13(5-3-12)19-7-8-20-15-6-1-11(10-18)9-14(15)17/h1-6,9H,7-8,10,18H2. The third kappa shape index (κ3) is 4.40.